The van der Waals surface area contributed by atoms with E-state index in [1.165, 1.54) is 0 Å². The van der Waals surface area contributed by atoms with Crippen molar-refractivity contribution in [3.05, 3.63) is 47.3 Å². The maximum atomic E-state index is 9.25. The number of hydrogen-bond donors (Lipinski definition) is 0. The molecule has 5 nitrogen and oxygen atoms in total. The zero-order valence-electron chi connectivity index (χ0n) is 12.1. The molecule has 104 valence electrons. The van der Waals surface area contributed by atoms with E-state index in [2.05, 4.69) is 16.2 Å². The number of ether oxygens (including phenoxy) is 1. The van der Waals surface area contributed by atoms with Crippen LogP contribution in [0, 0.1) is 25.2 Å². The molecule has 1 aromatic carbocycles. The van der Waals surface area contributed by atoms with Gasteiger partial charge in [-0.15, -0.1) is 0 Å². The minimum absolute atomic E-state index is 0.436. The molecule has 0 aliphatic rings. The van der Waals surface area contributed by atoms with Crippen molar-refractivity contribution in [1.29, 1.82) is 5.26 Å². The van der Waals surface area contributed by atoms with E-state index in [1.54, 1.807) is 18.7 Å². The van der Waals surface area contributed by atoms with E-state index >= 15 is 0 Å². The Morgan fingerprint density at radius 1 is 1.19 bits per heavy atom. The van der Waals surface area contributed by atoms with Crippen LogP contribution < -0.4 is 4.74 Å². The molecule has 0 aliphatic carbocycles. The van der Waals surface area contributed by atoms with Gasteiger partial charge in [-0.2, -0.15) is 10.4 Å². The molecule has 0 saturated heterocycles. The molecule has 2 aromatic heterocycles. The minimum atomic E-state index is 0.436. The van der Waals surface area contributed by atoms with Crippen molar-refractivity contribution in [2.24, 2.45) is 7.05 Å². The Morgan fingerprint density at radius 2 is 2.00 bits per heavy atom. The summed E-state index contributed by atoms with van der Waals surface area (Å²) in [5.41, 5.74) is 2.79. The third-order valence-corrected chi connectivity index (χ3v) is 3.31. The monoisotopic (exact) mass is 278 g/mol. The SMILES string of the molecule is Cc1ccc2cccc(Oc3c(C#N)c(C)nn3C)c2n1. The minimum Gasteiger partial charge on any atom is -0.436 e. The van der Waals surface area contributed by atoms with Crippen LogP contribution in [0.3, 0.4) is 0 Å². The summed E-state index contributed by atoms with van der Waals surface area (Å²) in [4.78, 5) is 4.53. The average molecular weight is 278 g/mol. The Bertz CT molecular complexity index is 874. The second-order valence-corrected chi connectivity index (χ2v) is 4.88. The Balaban J connectivity index is 2.15. The molecular formula is C16H14N4O. The molecule has 2 heterocycles. The highest BCUT2D eigenvalue weighted by atomic mass is 16.5. The summed E-state index contributed by atoms with van der Waals surface area (Å²) in [5, 5.41) is 14.5. The van der Waals surface area contributed by atoms with E-state index < -0.39 is 0 Å². The number of nitrogens with zero attached hydrogens (tertiary/aromatic N) is 4. The van der Waals surface area contributed by atoms with Crippen molar-refractivity contribution in [3.63, 3.8) is 0 Å². The average Bonchev–Trinajstić information content (AvgIpc) is 2.73. The fraction of sp³-hybridized carbons (Fsp3) is 0.188. The second-order valence-electron chi connectivity index (χ2n) is 4.88. The van der Waals surface area contributed by atoms with Crippen LogP contribution in [0.1, 0.15) is 17.0 Å². The van der Waals surface area contributed by atoms with Crippen LogP contribution in [0.5, 0.6) is 11.6 Å². The molecule has 21 heavy (non-hydrogen) atoms. The Morgan fingerprint density at radius 3 is 2.76 bits per heavy atom. The van der Waals surface area contributed by atoms with Crippen molar-refractivity contribution in [2.45, 2.75) is 13.8 Å². The van der Waals surface area contributed by atoms with E-state index in [4.69, 9.17) is 4.74 Å². The molecule has 0 aliphatic heterocycles. The largest absolute Gasteiger partial charge is 0.436 e. The third kappa shape index (κ3) is 2.21. The predicted molar refractivity (Wildman–Crippen MR) is 79.2 cm³/mol. The standard InChI is InChI=1S/C16H14N4O/c1-10-7-8-12-5-4-6-14(15(12)18-10)21-16-13(9-17)11(2)19-20(16)3/h4-8H,1-3H3. The topological polar surface area (TPSA) is 63.7 Å². The van der Waals surface area contributed by atoms with Gasteiger partial charge in [0, 0.05) is 18.1 Å². The van der Waals surface area contributed by atoms with Crippen LogP contribution in [0.15, 0.2) is 30.3 Å². The summed E-state index contributed by atoms with van der Waals surface area (Å²) >= 11 is 0. The van der Waals surface area contributed by atoms with E-state index in [0.717, 1.165) is 16.6 Å². The lowest BCUT2D eigenvalue weighted by molar-refractivity contribution is 0.433. The van der Waals surface area contributed by atoms with Crippen molar-refractivity contribution < 1.29 is 4.74 Å². The van der Waals surface area contributed by atoms with Crippen LogP contribution in [0.2, 0.25) is 0 Å². The lowest BCUT2D eigenvalue weighted by Crippen LogP contribution is -1.97. The molecule has 3 rings (SSSR count). The number of rotatable bonds is 2. The number of pyridine rings is 1. The number of nitriles is 1. The highest BCUT2D eigenvalue weighted by molar-refractivity contribution is 5.84. The van der Waals surface area contributed by atoms with E-state index in [0.29, 0.717) is 22.9 Å². The van der Waals surface area contributed by atoms with E-state index in [1.807, 2.05) is 37.3 Å². The third-order valence-electron chi connectivity index (χ3n) is 3.31. The Labute approximate surface area is 122 Å². The summed E-state index contributed by atoms with van der Waals surface area (Å²) in [5.74, 6) is 1.06. The predicted octanol–water partition coefficient (Wildman–Crippen LogP) is 3.25. The molecule has 0 saturated carbocycles. The number of aryl methyl sites for hydroxylation is 3. The van der Waals surface area contributed by atoms with Crippen LogP contribution in [-0.2, 0) is 7.05 Å². The molecule has 0 N–H and O–H groups in total. The molecule has 0 spiro atoms. The highest BCUT2D eigenvalue weighted by Gasteiger charge is 2.16. The fourth-order valence-electron chi connectivity index (χ4n) is 2.29. The zero-order chi connectivity index (χ0) is 15.0. The molecular weight excluding hydrogens is 264 g/mol. The van der Waals surface area contributed by atoms with Crippen molar-refractivity contribution >= 4 is 10.9 Å². The zero-order valence-corrected chi connectivity index (χ0v) is 12.1. The first-order valence-corrected chi connectivity index (χ1v) is 6.58. The number of benzene rings is 1. The Hall–Kier alpha value is -2.87. The van der Waals surface area contributed by atoms with Gasteiger partial charge in [-0.1, -0.05) is 18.2 Å². The molecule has 0 radical (unpaired) electrons. The lowest BCUT2D eigenvalue weighted by Gasteiger charge is -2.09. The number of para-hydroxylation sites is 1. The van der Waals surface area contributed by atoms with Gasteiger partial charge in [0.1, 0.15) is 17.1 Å². The van der Waals surface area contributed by atoms with Gasteiger partial charge >= 0.3 is 0 Å². The lowest BCUT2D eigenvalue weighted by atomic mass is 10.2. The number of hydrogen-bond acceptors (Lipinski definition) is 4. The van der Waals surface area contributed by atoms with E-state index in [9.17, 15) is 5.26 Å². The van der Waals surface area contributed by atoms with Gasteiger partial charge in [-0.3, -0.25) is 0 Å². The first kappa shape index (κ1) is 13.1. The molecule has 0 fully saturated rings. The number of fused-ring (bicyclic) bond motifs is 1. The summed E-state index contributed by atoms with van der Waals surface area (Å²) in [6.45, 7) is 3.72. The maximum absolute atomic E-state index is 9.25. The molecule has 3 aromatic rings. The van der Waals surface area contributed by atoms with Crippen LogP contribution >= 0.6 is 0 Å². The van der Waals surface area contributed by atoms with Gasteiger partial charge in [0.25, 0.3) is 0 Å². The fourth-order valence-corrected chi connectivity index (χ4v) is 2.29. The van der Waals surface area contributed by atoms with Crippen molar-refractivity contribution in [1.82, 2.24) is 14.8 Å². The van der Waals surface area contributed by atoms with Crippen LogP contribution in [0.4, 0.5) is 0 Å². The smallest absolute Gasteiger partial charge is 0.235 e. The molecule has 5 heteroatoms. The quantitative estimate of drug-likeness (QED) is 0.721. The first-order chi connectivity index (χ1) is 10.1. The molecule has 0 amide bonds. The second kappa shape index (κ2) is 4.91. The van der Waals surface area contributed by atoms with Gasteiger partial charge in [-0.25, -0.2) is 9.67 Å². The van der Waals surface area contributed by atoms with E-state index in [-0.39, 0.29) is 0 Å². The van der Waals surface area contributed by atoms with Gasteiger partial charge < -0.3 is 4.74 Å². The highest BCUT2D eigenvalue weighted by Crippen LogP contribution is 2.31. The summed E-state index contributed by atoms with van der Waals surface area (Å²) < 4.78 is 7.51. The van der Waals surface area contributed by atoms with Crippen LogP contribution in [0.25, 0.3) is 10.9 Å². The maximum Gasteiger partial charge on any atom is 0.235 e. The number of aromatic nitrogens is 3. The van der Waals surface area contributed by atoms with Gasteiger partial charge in [-0.05, 0) is 26.0 Å². The normalized spacial score (nSPS) is 10.6. The molecule has 0 unspecified atom stereocenters. The molecule has 0 atom stereocenters. The first-order valence-electron chi connectivity index (χ1n) is 6.58. The van der Waals surface area contributed by atoms with Gasteiger partial charge in [0.15, 0.2) is 5.75 Å². The van der Waals surface area contributed by atoms with Gasteiger partial charge in [0.05, 0.1) is 5.69 Å². The summed E-state index contributed by atoms with van der Waals surface area (Å²) in [7, 11) is 1.76. The van der Waals surface area contributed by atoms with Gasteiger partial charge in [0.2, 0.25) is 5.88 Å². The molecule has 0 bridgehead atoms. The van der Waals surface area contributed by atoms with Crippen molar-refractivity contribution in [3.8, 4) is 17.7 Å². The van der Waals surface area contributed by atoms with Crippen LogP contribution in [-0.4, -0.2) is 14.8 Å². The Kier molecular flexibility index (Phi) is 3.07. The summed E-state index contributed by atoms with van der Waals surface area (Å²) in [6.07, 6.45) is 0. The summed E-state index contributed by atoms with van der Waals surface area (Å²) in [6, 6.07) is 11.8. The van der Waals surface area contributed by atoms with Crippen molar-refractivity contribution in [2.75, 3.05) is 0 Å².